The third-order valence-corrected chi connectivity index (χ3v) is 10.1. The molecule has 0 bridgehead atoms. The lowest BCUT2D eigenvalue weighted by molar-refractivity contribution is -0.129. The molecule has 0 spiro atoms. The predicted molar refractivity (Wildman–Crippen MR) is 225 cm³/mol. The molecule has 0 saturated carbocycles. The Morgan fingerprint density at radius 3 is 1.60 bits per heavy atom. The highest BCUT2D eigenvalue weighted by Crippen LogP contribution is 2.40. The fourth-order valence-corrected chi connectivity index (χ4v) is 7.14. The van der Waals surface area contributed by atoms with Crippen LogP contribution in [0, 0.1) is 0 Å². The molecule has 0 aliphatic carbocycles. The van der Waals surface area contributed by atoms with Gasteiger partial charge in [0, 0.05) is 5.38 Å². The molecule has 0 radical (unpaired) electrons. The standard InChI is InChI=1S/C47H41N3O7S/c1-53-39-23-18-33(19-24-39)29-55-42-27-22-35(28-43(42)56-30-34-20-25-40(54-2)26-21-34)31-57-50-44(45(51)52)41-32-58-46(48-41)49-47(36-12-6-3-7-13-36,37-14-8-4-9-15-37)38-16-10-5-11-17-38/h3-28,32H,29-31H2,1-2H3,(H,48,49)(H,51,52). The monoisotopic (exact) mass is 791 g/mol. The SMILES string of the molecule is COc1ccc(COc2ccc(CON=C(C(=O)O)c3csc(NC(c4ccccc4)(c4ccccc4)c4ccccc4)n3)cc2OCc2ccc(OC)cc2)cc1. The van der Waals surface area contributed by atoms with Crippen molar-refractivity contribution in [3.63, 3.8) is 0 Å². The summed E-state index contributed by atoms with van der Waals surface area (Å²) in [5.74, 6) is 1.25. The zero-order chi connectivity index (χ0) is 40.2. The molecule has 0 fully saturated rings. The maximum atomic E-state index is 12.6. The zero-order valence-corrected chi connectivity index (χ0v) is 32.7. The molecule has 0 amide bonds. The summed E-state index contributed by atoms with van der Waals surface area (Å²) >= 11 is 1.28. The van der Waals surface area contributed by atoms with Gasteiger partial charge in [0.15, 0.2) is 16.6 Å². The van der Waals surface area contributed by atoms with Crippen molar-refractivity contribution in [2.45, 2.75) is 25.4 Å². The van der Waals surface area contributed by atoms with E-state index in [2.05, 4.69) is 46.9 Å². The quantitative estimate of drug-likeness (QED) is 0.0497. The average molecular weight is 792 g/mol. The van der Waals surface area contributed by atoms with Crippen LogP contribution in [0.2, 0.25) is 0 Å². The highest BCUT2D eigenvalue weighted by atomic mass is 32.1. The minimum absolute atomic E-state index is 0.0389. The number of carbonyl (C=O) groups is 1. The molecule has 11 heteroatoms. The van der Waals surface area contributed by atoms with Crippen molar-refractivity contribution in [2.24, 2.45) is 5.16 Å². The number of nitrogens with one attached hydrogen (secondary N) is 1. The molecule has 7 rings (SSSR count). The molecule has 7 aromatic rings. The first-order valence-electron chi connectivity index (χ1n) is 18.4. The molecule has 0 aliphatic rings. The van der Waals surface area contributed by atoms with E-state index in [9.17, 15) is 9.90 Å². The van der Waals surface area contributed by atoms with Gasteiger partial charge >= 0.3 is 5.97 Å². The molecular formula is C47H41N3O7S. The number of carboxylic acid groups (broad SMARTS) is 1. The summed E-state index contributed by atoms with van der Waals surface area (Å²) in [4.78, 5) is 23.0. The Morgan fingerprint density at radius 2 is 1.12 bits per heavy atom. The second-order valence-electron chi connectivity index (χ2n) is 13.1. The average Bonchev–Trinajstić information content (AvgIpc) is 3.74. The van der Waals surface area contributed by atoms with E-state index in [4.69, 9.17) is 28.8 Å². The number of anilines is 1. The van der Waals surface area contributed by atoms with Crippen molar-refractivity contribution in [2.75, 3.05) is 19.5 Å². The highest BCUT2D eigenvalue weighted by Gasteiger charge is 2.37. The van der Waals surface area contributed by atoms with Crippen LogP contribution in [0.3, 0.4) is 0 Å². The van der Waals surface area contributed by atoms with Gasteiger partial charge in [-0.25, -0.2) is 9.78 Å². The normalized spacial score (nSPS) is 11.4. The van der Waals surface area contributed by atoms with Crippen molar-refractivity contribution in [1.29, 1.82) is 0 Å². The van der Waals surface area contributed by atoms with Crippen LogP contribution in [-0.4, -0.2) is 36.0 Å². The minimum atomic E-state index is -1.27. The Hall–Kier alpha value is -7.11. The lowest BCUT2D eigenvalue weighted by Gasteiger charge is -2.36. The highest BCUT2D eigenvalue weighted by molar-refractivity contribution is 7.14. The number of rotatable bonds is 18. The minimum Gasteiger partial charge on any atom is -0.497 e. The molecule has 0 atom stereocenters. The van der Waals surface area contributed by atoms with Crippen molar-refractivity contribution >= 4 is 28.1 Å². The molecule has 0 unspecified atom stereocenters. The molecule has 58 heavy (non-hydrogen) atoms. The molecule has 292 valence electrons. The van der Waals surface area contributed by atoms with Crippen LogP contribution in [0.5, 0.6) is 23.0 Å². The van der Waals surface area contributed by atoms with Crippen LogP contribution in [0.25, 0.3) is 0 Å². The number of aliphatic carboxylic acids is 1. The number of hydrogen-bond acceptors (Lipinski definition) is 10. The lowest BCUT2D eigenvalue weighted by atomic mass is 9.77. The van der Waals surface area contributed by atoms with Crippen molar-refractivity contribution in [1.82, 2.24) is 4.98 Å². The van der Waals surface area contributed by atoms with Crippen molar-refractivity contribution < 1.29 is 33.7 Å². The molecule has 1 heterocycles. The fraction of sp³-hybridized carbons (Fsp3) is 0.128. The predicted octanol–water partition coefficient (Wildman–Crippen LogP) is 9.73. The molecule has 0 aliphatic heterocycles. The van der Waals surface area contributed by atoms with Crippen LogP contribution >= 0.6 is 11.3 Å². The molecule has 0 saturated heterocycles. The van der Waals surface area contributed by atoms with Crippen LogP contribution in [-0.2, 0) is 35.0 Å². The Balaban J connectivity index is 1.11. The van der Waals surface area contributed by atoms with Crippen LogP contribution < -0.4 is 24.3 Å². The number of methoxy groups -OCH3 is 2. The third kappa shape index (κ3) is 9.29. The van der Waals surface area contributed by atoms with E-state index in [0.717, 1.165) is 39.3 Å². The van der Waals surface area contributed by atoms with Gasteiger partial charge < -0.3 is 34.2 Å². The zero-order valence-electron chi connectivity index (χ0n) is 31.9. The van der Waals surface area contributed by atoms with Crippen molar-refractivity contribution in [3.8, 4) is 23.0 Å². The van der Waals surface area contributed by atoms with Gasteiger partial charge in [-0.2, -0.15) is 0 Å². The Labute approximate surface area is 340 Å². The Bertz CT molecular complexity index is 2330. The van der Waals surface area contributed by atoms with Gasteiger partial charge in [-0.3, -0.25) is 0 Å². The summed E-state index contributed by atoms with van der Waals surface area (Å²) in [5.41, 5.74) is 4.54. The van der Waals surface area contributed by atoms with Gasteiger partial charge in [-0.1, -0.05) is 126 Å². The number of aromatic nitrogens is 1. The number of carboxylic acids is 1. The second-order valence-corrected chi connectivity index (χ2v) is 13.9. The van der Waals surface area contributed by atoms with E-state index in [0.29, 0.717) is 28.8 Å². The number of benzene rings is 6. The first kappa shape index (κ1) is 39.1. The van der Waals surface area contributed by atoms with E-state index < -0.39 is 11.5 Å². The first-order valence-corrected chi connectivity index (χ1v) is 19.3. The number of oxime groups is 1. The maximum absolute atomic E-state index is 12.6. The molecular weight excluding hydrogens is 751 g/mol. The van der Waals surface area contributed by atoms with Gasteiger partial charge in [0.2, 0.25) is 5.71 Å². The molecule has 2 N–H and O–H groups in total. The fourth-order valence-electron chi connectivity index (χ4n) is 6.39. The lowest BCUT2D eigenvalue weighted by Crippen LogP contribution is -2.38. The summed E-state index contributed by atoms with van der Waals surface area (Å²) in [7, 11) is 3.25. The van der Waals surface area contributed by atoms with Crippen LogP contribution in [0.1, 0.15) is 39.1 Å². The van der Waals surface area contributed by atoms with Crippen molar-refractivity contribution in [3.05, 3.63) is 202 Å². The summed E-state index contributed by atoms with van der Waals surface area (Å²) < 4.78 is 23.0. The third-order valence-electron chi connectivity index (χ3n) is 9.37. The van der Waals surface area contributed by atoms with Crippen LogP contribution in [0.15, 0.2) is 168 Å². The Kier molecular flexibility index (Phi) is 12.6. The van der Waals surface area contributed by atoms with E-state index in [-0.39, 0.29) is 24.6 Å². The van der Waals surface area contributed by atoms with Gasteiger partial charge in [0.1, 0.15) is 42.6 Å². The summed E-state index contributed by atoms with van der Waals surface area (Å²) in [6, 6.07) is 50.9. The van der Waals surface area contributed by atoms with Crippen LogP contribution in [0.4, 0.5) is 5.13 Å². The smallest absolute Gasteiger partial charge is 0.360 e. The van der Waals surface area contributed by atoms with Gasteiger partial charge in [0.25, 0.3) is 0 Å². The van der Waals surface area contributed by atoms with Gasteiger partial charge in [-0.15, -0.1) is 11.3 Å². The number of hydrogen-bond donors (Lipinski definition) is 2. The van der Waals surface area contributed by atoms with Gasteiger partial charge in [-0.05, 0) is 69.8 Å². The summed E-state index contributed by atoms with van der Waals surface area (Å²) in [6.07, 6.45) is 0. The number of thiazole rings is 1. The van der Waals surface area contributed by atoms with E-state index in [1.54, 1.807) is 31.7 Å². The van der Waals surface area contributed by atoms with E-state index in [1.807, 2.05) is 109 Å². The molecule has 6 aromatic carbocycles. The largest absolute Gasteiger partial charge is 0.497 e. The number of nitrogens with zero attached hydrogens (tertiary/aromatic N) is 2. The first-order chi connectivity index (χ1) is 28.4. The Morgan fingerprint density at radius 1 is 0.638 bits per heavy atom. The molecule has 1 aromatic heterocycles. The maximum Gasteiger partial charge on any atom is 0.360 e. The molecule has 10 nitrogen and oxygen atoms in total. The van der Waals surface area contributed by atoms with Gasteiger partial charge in [0.05, 0.1) is 14.2 Å². The topological polar surface area (TPSA) is 121 Å². The number of ether oxygens (including phenoxy) is 4. The van der Waals surface area contributed by atoms with E-state index in [1.165, 1.54) is 11.3 Å². The summed E-state index contributed by atoms with van der Waals surface area (Å²) in [6.45, 7) is 0.538. The second kappa shape index (κ2) is 18.7. The summed E-state index contributed by atoms with van der Waals surface area (Å²) in [5, 5.41) is 20.2. The van der Waals surface area contributed by atoms with E-state index >= 15 is 0 Å².